The fourth-order valence-electron chi connectivity index (χ4n) is 1.86. The van der Waals surface area contributed by atoms with Crippen molar-refractivity contribution >= 4 is 11.4 Å². The normalized spacial score (nSPS) is 18.5. The second-order valence-corrected chi connectivity index (χ2v) is 4.95. The lowest BCUT2D eigenvalue weighted by atomic mass is 9.99. The highest BCUT2D eigenvalue weighted by Gasteiger charge is 2.17. The van der Waals surface area contributed by atoms with E-state index in [1.54, 1.807) is 0 Å². The number of hydrogen-bond donors (Lipinski definition) is 1. The van der Waals surface area contributed by atoms with Crippen molar-refractivity contribution in [1.82, 2.24) is 0 Å². The van der Waals surface area contributed by atoms with Gasteiger partial charge in [0.2, 0.25) is 0 Å². The molecule has 0 unspecified atom stereocenters. The Morgan fingerprint density at radius 2 is 1.93 bits per heavy atom. The van der Waals surface area contributed by atoms with Crippen molar-refractivity contribution in [3.05, 3.63) is 29.8 Å². The zero-order valence-corrected chi connectivity index (χ0v) is 9.67. The van der Waals surface area contributed by atoms with Crippen LogP contribution in [0.5, 0.6) is 0 Å². The van der Waals surface area contributed by atoms with Crippen LogP contribution in [0.15, 0.2) is 29.3 Å². The summed E-state index contributed by atoms with van der Waals surface area (Å²) in [4.78, 5) is 4.79. The van der Waals surface area contributed by atoms with Gasteiger partial charge in [0.15, 0.2) is 0 Å². The summed E-state index contributed by atoms with van der Waals surface area (Å²) in [5.41, 5.74) is 3.72. The zero-order valence-electron chi connectivity index (χ0n) is 9.67. The molecular weight excluding hydrogens is 184 g/mol. The van der Waals surface area contributed by atoms with Gasteiger partial charge < -0.3 is 5.32 Å². The number of nitrogens with zero attached hydrogens (tertiary/aromatic N) is 1. The van der Waals surface area contributed by atoms with Crippen molar-refractivity contribution in [2.24, 2.45) is 4.99 Å². The minimum Gasteiger partial charge on any atom is -0.384 e. The third kappa shape index (κ3) is 2.38. The fraction of sp³-hybridized carbons (Fsp3) is 0.462. The van der Waals surface area contributed by atoms with Crippen LogP contribution in [0, 0.1) is 0 Å². The number of hydrogen-bond acceptors (Lipinski definition) is 2. The predicted molar refractivity (Wildman–Crippen MR) is 65.8 cm³/mol. The molecule has 0 bridgehead atoms. The second kappa shape index (κ2) is 3.69. The number of fused-ring (bicyclic) bond motifs is 1. The minimum absolute atomic E-state index is 0.0137. The van der Waals surface area contributed by atoms with Crippen molar-refractivity contribution in [3.63, 3.8) is 0 Å². The van der Waals surface area contributed by atoms with E-state index >= 15 is 0 Å². The van der Waals surface area contributed by atoms with Gasteiger partial charge in [-0.3, -0.25) is 4.99 Å². The molecule has 0 saturated carbocycles. The Labute approximate surface area is 91.4 Å². The highest BCUT2D eigenvalue weighted by atomic mass is 14.9. The number of nitrogens with one attached hydrogen (secondary N) is 1. The van der Waals surface area contributed by atoms with E-state index in [1.165, 1.54) is 17.0 Å². The van der Waals surface area contributed by atoms with Crippen LogP contribution in [0.2, 0.25) is 0 Å². The lowest BCUT2D eigenvalue weighted by molar-refractivity contribution is 0.582. The topological polar surface area (TPSA) is 24.4 Å². The van der Waals surface area contributed by atoms with Crippen LogP contribution in [-0.2, 0) is 0 Å². The Bertz CT molecular complexity index is 386. The lowest BCUT2D eigenvalue weighted by Crippen LogP contribution is -2.22. The fourth-order valence-corrected chi connectivity index (χ4v) is 1.86. The van der Waals surface area contributed by atoms with Gasteiger partial charge in [-0.2, -0.15) is 0 Å². The van der Waals surface area contributed by atoms with E-state index in [1.807, 2.05) is 0 Å². The largest absolute Gasteiger partial charge is 0.384 e. The summed E-state index contributed by atoms with van der Waals surface area (Å²) in [5, 5.41) is 3.40. The molecule has 0 aromatic heterocycles. The average molecular weight is 202 g/mol. The SMILES string of the molecule is CC(C)(C)N=C1CCNc2ccccc21. The van der Waals surface area contributed by atoms with E-state index in [9.17, 15) is 0 Å². The van der Waals surface area contributed by atoms with Crippen molar-refractivity contribution < 1.29 is 0 Å². The highest BCUT2D eigenvalue weighted by molar-refractivity contribution is 6.06. The third-order valence-corrected chi connectivity index (χ3v) is 2.39. The molecule has 1 heterocycles. The summed E-state index contributed by atoms with van der Waals surface area (Å²) in [7, 11) is 0. The Balaban J connectivity index is 2.42. The van der Waals surface area contributed by atoms with Crippen LogP contribution in [0.4, 0.5) is 5.69 Å². The van der Waals surface area contributed by atoms with Crippen LogP contribution < -0.4 is 5.32 Å². The molecule has 15 heavy (non-hydrogen) atoms. The molecule has 1 N–H and O–H groups in total. The number of benzene rings is 1. The first-order valence-electron chi connectivity index (χ1n) is 5.48. The average Bonchev–Trinajstić information content (AvgIpc) is 2.16. The maximum Gasteiger partial charge on any atom is 0.0527 e. The molecule has 0 amide bonds. The van der Waals surface area contributed by atoms with E-state index in [0.29, 0.717) is 0 Å². The minimum atomic E-state index is 0.0137. The molecule has 0 fully saturated rings. The monoisotopic (exact) mass is 202 g/mol. The maximum absolute atomic E-state index is 4.79. The molecule has 0 aliphatic carbocycles. The summed E-state index contributed by atoms with van der Waals surface area (Å²) in [6.45, 7) is 7.42. The predicted octanol–water partition coefficient (Wildman–Crippen LogP) is 3.09. The van der Waals surface area contributed by atoms with Crippen molar-refractivity contribution in [1.29, 1.82) is 0 Å². The van der Waals surface area contributed by atoms with E-state index in [4.69, 9.17) is 4.99 Å². The Kier molecular flexibility index (Phi) is 2.51. The summed E-state index contributed by atoms with van der Waals surface area (Å²) in [5.74, 6) is 0. The van der Waals surface area contributed by atoms with Crippen molar-refractivity contribution in [2.75, 3.05) is 11.9 Å². The molecular formula is C13H18N2. The van der Waals surface area contributed by atoms with E-state index < -0.39 is 0 Å². The molecule has 2 nitrogen and oxygen atoms in total. The quantitative estimate of drug-likeness (QED) is 0.687. The van der Waals surface area contributed by atoms with E-state index in [2.05, 4.69) is 50.4 Å². The first kappa shape index (κ1) is 10.2. The first-order chi connectivity index (χ1) is 7.06. The van der Waals surface area contributed by atoms with Gasteiger partial charge in [0, 0.05) is 29.9 Å². The Morgan fingerprint density at radius 3 is 2.67 bits per heavy atom. The van der Waals surface area contributed by atoms with Crippen LogP contribution in [-0.4, -0.2) is 17.8 Å². The van der Waals surface area contributed by atoms with Gasteiger partial charge in [-0.25, -0.2) is 0 Å². The molecule has 0 saturated heterocycles. The summed E-state index contributed by atoms with van der Waals surface area (Å²) in [6, 6.07) is 8.40. The van der Waals surface area contributed by atoms with Gasteiger partial charge in [-0.1, -0.05) is 18.2 Å². The summed E-state index contributed by atoms with van der Waals surface area (Å²) in [6.07, 6.45) is 1.02. The lowest BCUT2D eigenvalue weighted by Gasteiger charge is -2.23. The summed E-state index contributed by atoms with van der Waals surface area (Å²) < 4.78 is 0. The molecule has 0 atom stereocenters. The highest BCUT2D eigenvalue weighted by Crippen LogP contribution is 2.23. The summed E-state index contributed by atoms with van der Waals surface area (Å²) >= 11 is 0. The van der Waals surface area contributed by atoms with Crippen LogP contribution >= 0.6 is 0 Å². The van der Waals surface area contributed by atoms with Gasteiger partial charge in [0.05, 0.1) is 5.54 Å². The molecule has 1 aliphatic heterocycles. The smallest absolute Gasteiger partial charge is 0.0527 e. The second-order valence-electron chi connectivity index (χ2n) is 4.95. The Morgan fingerprint density at radius 1 is 1.20 bits per heavy atom. The van der Waals surface area contributed by atoms with Crippen LogP contribution in [0.1, 0.15) is 32.8 Å². The van der Waals surface area contributed by atoms with Crippen LogP contribution in [0.25, 0.3) is 0 Å². The van der Waals surface area contributed by atoms with Crippen LogP contribution in [0.3, 0.4) is 0 Å². The Hall–Kier alpha value is -1.31. The van der Waals surface area contributed by atoms with Crippen molar-refractivity contribution in [3.8, 4) is 0 Å². The molecule has 0 radical (unpaired) electrons. The molecule has 1 aliphatic rings. The molecule has 0 spiro atoms. The molecule has 2 heteroatoms. The van der Waals surface area contributed by atoms with E-state index in [0.717, 1.165) is 13.0 Å². The number of aliphatic imine (C=N–C) groups is 1. The molecule has 80 valence electrons. The van der Waals surface area contributed by atoms with Gasteiger partial charge in [-0.05, 0) is 26.8 Å². The molecule has 1 aromatic rings. The third-order valence-electron chi connectivity index (χ3n) is 2.39. The number of rotatable bonds is 0. The van der Waals surface area contributed by atoms with E-state index in [-0.39, 0.29) is 5.54 Å². The zero-order chi connectivity index (χ0) is 10.9. The number of anilines is 1. The van der Waals surface area contributed by atoms with Gasteiger partial charge in [0.1, 0.15) is 0 Å². The maximum atomic E-state index is 4.79. The van der Waals surface area contributed by atoms with Gasteiger partial charge >= 0.3 is 0 Å². The first-order valence-corrected chi connectivity index (χ1v) is 5.48. The van der Waals surface area contributed by atoms with Gasteiger partial charge in [-0.15, -0.1) is 0 Å². The van der Waals surface area contributed by atoms with Gasteiger partial charge in [0.25, 0.3) is 0 Å². The van der Waals surface area contributed by atoms with Crippen molar-refractivity contribution in [2.45, 2.75) is 32.7 Å². The number of para-hydroxylation sites is 1. The molecule has 1 aromatic carbocycles. The standard InChI is InChI=1S/C13H18N2/c1-13(2,3)15-12-8-9-14-11-7-5-4-6-10(11)12/h4-7,14H,8-9H2,1-3H3. The molecule has 2 rings (SSSR count).